The Hall–Kier alpha value is -3.65. The molecule has 0 aliphatic rings. The molecule has 4 aromatic rings. The Bertz CT molecular complexity index is 1290. The molecule has 33 heavy (non-hydrogen) atoms. The summed E-state index contributed by atoms with van der Waals surface area (Å²) in [7, 11) is 0. The van der Waals surface area contributed by atoms with E-state index < -0.39 is 17.2 Å². The van der Waals surface area contributed by atoms with Crippen LogP contribution in [0.2, 0.25) is 0 Å². The molecule has 0 aliphatic heterocycles. The van der Waals surface area contributed by atoms with Crippen molar-refractivity contribution < 1.29 is 13.9 Å². The fourth-order valence-corrected chi connectivity index (χ4v) is 4.11. The third kappa shape index (κ3) is 3.76. The van der Waals surface area contributed by atoms with Crippen molar-refractivity contribution in [3.63, 3.8) is 0 Å². The standard InChI is InChI=1S/C25H26FN5O2/c1-4-33-24(32)25(13-27,18-8-6-5-7-9-18)19-12-17(10-11-20(19)26)21-22-23(29-14-28-21)31(15-30-22)16(2)3/h5-12,14-16H,4,13,27H2,1-3H3. The molecule has 0 radical (unpaired) electrons. The number of esters is 1. The monoisotopic (exact) mass is 447 g/mol. The molecule has 0 saturated heterocycles. The van der Waals surface area contributed by atoms with E-state index in [4.69, 9.17) is 10.5 Å². The van der Waals surface area contributed by atoms with Crippen LogP contribution in [0.25, 0.3) is 22.4 Å². The molecule has 0 saturated carbocycles. The Kier molecular flexibility index (Phi) is 6.20. The molecule has 1 atom stereocenters. The van der Waals surface area contributed by atoms with Crippen LogP contribution in [0.3, 0.4) is 0 Å². The van der Waals surface area contributed by atoms with Crippen LogP contribution in [0.4, 0.5) is 4.39 Å². The maximum Gasteiger partial charge on any atom is 0.322 e. The zero-order valence-corrected chi connectivity index (χ0v) is 18.8. The Morgan fingerprint density at radius 2 is 1.91 bits per heavy atom. The second-order valence-corrected chi connectivity index (χ2v) is 8.03. The maximum absolute atomic E-state index is 15.4. The molecule has 7 nitrogen and oxygen atoms in total. The minimum Gasteiger partial charge on any atom is -0.465 e. The third-order valence-electron chi connectivity index (χ3n) is 5.81. The molecule has 8 heteroatoms. The third-order valence-corrected chi connectivity index (χ3v) is 5.81. The summed E-state index contributed by atoms with van der Waals surface area (Å²) < 4.78 is 22.7. The summed E-state index contributed by atoms with van der Waals surface area (Å²) in [6.45, 7) is 5.76. The minimum atomic E-state index is -1.51. The number of ether oxygens (including phenoxy) is 1. The summed E-state index contributed by atoms with van der Waals surface area (Å²) in [6, 6.07) is 13.6. The highest BCUT2D eigenvalue weighted by molar-refractivity contribution is 5.91. The van der Waals surface area contributed by atoms with Crippen LogP contribution in [-0.2, 0) is 14.9 Å². The normalized spacial score (nSPS) is 13.3. The number of nitrogens with two attached hydrogens (primary N) is 1. The lowest BCUT2D eigenvalue weighted by molar-refractivity contribution is -0.148. The predicted octanol–water partition coefficient (Wildman–Crippen LogP) is 4.02. The Balaban J connectivity index is 1.96. The lowest BCUT2D eigenvalue weighted by Gasteiger charge is -2.32. The summed E-state index contributed by atoms with van der Waals surface area (Å²) in [5.74, 6) is -1.16. The van der Waals surface area contributed by atoms with E-state index in [1.54, 1.807) is 49.6 Å². The molecule has 2 N–H and O–H groups in total. The molecule has 0 spiro atoms. The van der Waals surface area contributed by atoms with Crippen molar-refractivity contribution in [1.29, 1.82) is 0 Å². The van der Waals surface area contributed by atoms with Crippen molar-refractivity contribution >= 4 is 17.1 Å². The van der Waals surface area contributed by atoms with Gasteiger partial charge in [0, 0.05) is 23.7 Å². The Labute approximate surface area is 191 Å². The highest BCUT2D eigenvalue weighted by atomic mass is 19.1. The summed E-state index contributed by atoms with van der Waals surface area (Å²) >= 11 is 0. The number of fused-ring (bicyclic) bond motifs is 1. The van der Waals surface area contributed by atoms with Crippen molar-refractivity contribution in [3.8, 4) is 11.3 Å². The average Bonchev–Trinajstić information content (AvgIpc) is 3.27. The fourth-order valence-electron chi connectivity index (χ4n) is 4.11. The van der Waals surface area contributed by atoms with Crippen LogP contribution in [0.5, 0.6) is 0 Å². The lowest BCUT2D eigenvalue weighted by atomic mass is 9.73. The molecule has 2 heterocycles. The van der Waals surface area contributed by atoms with E-state index in [0.717, 1.165) is 0 Å². The largest absolute Gasteiger partial charge is 0.465 e. The smallest absolute Gasteiger partial charge is 0.322 e. The fraction of sp³-hybridized carbons (Fsp3) is 0.280. The van der Waals surface area contributed by atoms with Crippen LogP contribution >= 0.6 is 0 Å². The van der Waals surface area contributed by atoms with E-state index in [1.165, 1.54) is 12.4 Å². The van der Waals surface area contributed by atoms with Gasteiger partial charge < -0.3 is 15.0 Å². The number of halogens is 1. The van der Waals surface area contributed by atoms with Gasteiger partial charge in [-0.15, -0.1) is 0 Å². The second kappa shape index (κ2) is 9.07. The number of carbonyl (C=O) groups excluding carboxylic acids is 1. The van der Waals surface area contributed by atoms with Gasteiger partial charge in [-0.1, -0.05) is 30.3 Å². The number of imidazole rings is 1. The molecular weight excluding hydrogens is 421 g/mol. The second-order valence-electron chi connectivity index (χ2n) is 8.03. The molecule has 0 fully saturated rings. The Morgan fingerprint density at radius 3 is 2.58 bits per heavy atom. The van der Waals surface area contributed by atoms with E-state index in [1.807, 2.05) is 24.5 Å². The molecule has 2 aromatic heterocycles. The van der Waals surface area contributed by atoms with Crippen molar-refractivity contribution in [2.24, 2.45) is 5.73 Å². The van der Waals surface area contributed by atoms with E-state index in [-0.39, 0.29) is 24.8 Å². The van der Waals surface area contributed by atoms with Gasteiger partial charge in [0.05, 0.1) is 12.9 Å². The summed E-state index contributed by atoms with van der Waals surface area (Å²) in [6.07, 6.45) is 3.17. The molecule has 4 rings (SSSR count). The van der Waals surface area contributed by atoms with Crippen molar-refractivity contribution in [1.82, 2.24) is 19.5 Å². The summed E-state index contributed by atoms with van der Waals surface area (Å²) in [5.41, 5.74) is 7.77. The first-order valence-corrected chi connectivity index (χ1v) is 10.8. The number of hydrogen-bond donors (Lipinski definition) is 1. The lowest BCUT2D eigenvalue weighted by Crippen LogP contribution is -2.46. The maximum atomic E-state index is 15.4. The number of carbonyl (C=O) groups is 1. The van der Waals surface area contributed by atoms with Crippen molar-refractivity contribution in [2.75, 3.05) is 13.2 Å². The molecule has 1 unspecified atom stereocenters. The van der Waals surface area contributed by atoms with Gasteiger partial charge in [-0.3, -0.25) is 4.79 Å². The van der Waals surface area contributed by atoms with Gasteiger partial charge in [-0.25, -0.2) is 19.3 Å². The molecular formula is C25H26FN5O2. The van der Waals surface area contributed by atoms with Gasteiger partial charge in [0.25, 0.3) is 0 Å². The van der Waals surface area contributed by atoms with E-state index in [2.05, 4.69) is 15.0 Å². The van der Waals surface area contributed by atoms with Gasteiger partial charge in [0.2, 0.25) is 0 Å². The number of benzene rings is 2. The molecule has 0 amide bonds. The Morgan fingerprint density at radius 1 is 1.15 bits per heavy atom. The van der Waals surface area contributed by atoms with E-state index >= 15 is 4.39 Å². The van der Waals surface area contributed by atoms with Gasteiger partial charge in [0.1, 0.15) is 28.8 Å². The van der Waals surface area contributed by atoms with Crippen LogP contribution in [0.15, 0.2) is 61.2 Å². The van der Waals surface area contributed by atoms with Gasteiger partial charge >= 0.3 is 5.97 Å². The highest BCUT2D eigenvalue weighted by Gasteiger charge is 2.44. The van der Waals surface area contributed by atoms with Crippen LogP contribution in [-0.4, -0.2) is 38.6 Å². The first-order chi connectivity index (χ1) is 15.9. The van der Waals surface area contributed by atoms with Crippen molar-refractivity contribution in [3.05, 3.63) is 78.1 Å². The average molecular weight is 448 g/mol. The van der Waals surface area contributed by atoms with Crippen LogP contribution in [0, 0.1) is 5.82 Å². The number of rotatable bonds is 7. The molecule has 0 aliphatic carbocycles. The number of hydrogen-bond acceptors (Lipinski definition) is 6. The zero-order chi connectivity index (χ0) is 23.6. The quantitative estimate of drug-likeness (QED) is 0.430. The van der Waals surface area contributed by atoms with E-state index in [0.29, 0.717) is 28.0 Å². The topological polar surface area (TPSA) is 95.9 Å². The SMILES string of the molecule is CCOC(=O)C(CN)(c1ccccc1)c1cc(-c2ncnc3c2ncn3C(C)C)ccc1F. The van der Waals surface area contributed by atoms with E-state index in [9.17, 15) is 4.79 Å². The highest BCUT2D eigenvalue weighted by Crippen LogP contribution is 2.37. The number of nitrogens with zero attached hydrogens (tertiary/aromatic N) is 4. The van der Waals surface area contributed by atoms with Crippen LogP contribution < -0.4 is 5.73 Å². The first-order valence-electron chi connectivity index (χ1n) is 10.8. The molecule has 2 aromatic carbocycles. The van der Waals surface area contributed by atoms with Gasteiger partial charge in [-0.05, 0) is 44.5 Å². The minimum absolute atomic E-state index is 0.127. The molecule has 170 valence electrons. The first kappa shape index (κ1) is 22.5. The predicted molar refractivity (Wildman–Crippen MR) is 124 cm³/mol. The van der Waals surface area contributed by atoms with Gasteiger partial charge in [-0.2, -0.15) is 0 Å². The summed E-state index contributed by atoms with van der Waals surface area (Å²) in [4.78, 5) is 26.6. The van der Waals surface area contributed by atoms with Gasteiger partial charge in [0.15, 0.2) is 5.65 Å². The van der Waals surface area contributed by atoms with Crippen molar-refractivity contribution in [2.45, 2.75) is 32.2 Å². The number of aromatic nitrogens is 4. The zero-order valence-electron chi connectivity index (χ0n) is 18.8. The molecule has 0 bridgehead atoms. The summed E-state index contributed by atoms with van der Waals surface area (Å²) in [5, 5.41) is 0. The van der Waals surface area contributed by atoms with Crippen LogP contribution in [0.1, 0.15) is 37.9 Å².